The fourth-order valence-electron chi connectivity index (χ4n) is 1.49. The highest BCUT2D eigenvalue weighted by Crippen LogP contribution is 2.33. The van der Waals surface area contributed by atoms with E-state index >= 15 is 0 Å². The number of carbonyl (C=O) groups excluding carboxylic acids is 1. The van der Waals surface area contributed by atoms with Crippen LogP contribution in [0.25, 0.3) is 0 Å². The third-order valence-corrected chi connectivity index (χ3v) is 3.98. The van der Waals surface area contributed by atoms with Gasteiger partial charge in [-0.2, -0.15) is 0 Å². The minimum atomic E-state index is -0.114. The van der Waals surface area contributed by atoms with Crippen LogP contribution in [0, 0.1) is 0 Å². The molecule has 0 saturated heterocycles. The van der Waals surface area contributed by atoms with Gasteiger partial charge in [0.2, 0.25) is 5.91 Å². The van der Waals surface area contributed by atoms with Gasteiger partial charge in [0.05, 0.1) is 11.6 Å². The van der Waals surface area contributed by atoms with E-state index in [1.54, 1.807) is 25.5 Å². The number of nitrogens with zero attached hydrogens (tertiary/aromatic N) is 3. The molecule has 0 bridgehead atoms. The van der Waals surface area contributed by atoms with Crippen molar-refractivity contribution in [1.29, 1.82) is 0 Å². The zero-order valence-electron chi connectivity index (χ0n) is 11.5. The zero-order chi connectivity index (χ0) is 14.5. The Morgan fingerprint density at radius 3 is 2.81 bits per heavy atom. The molecule has 21 heavy (non-hydrogen) atoms. The Labute approximate surface area is 138 Å². The van der Waals surface area contributed by atoms with E-state index in [4.69, 9.17) is 11.6 Å². The number of nitrogens with one attached hydrogen (secondary N) is 2. The Hall–Kier alpha value is -1.28. The van der Waals surface area contributed by atoms with Gasteiger partial charge in [0.1, 0.15) is 6.33 Å². The van der Waals surface area contributed by atoms with Gasteiger partial charge in [-0.05, 0) is 37.0 Å². The van der Waals surface area contributed by atoms with Crippen molar-refractivity contribution in [2.75, 3.05) is 18.9 Å². The predicted octanol–water partition coefficient (Wildman–Crippen LogP) is 2.20. The van der Waals surface area contributed by atoms with E-state index in [2.05, 4.69) is 20.8 Å². The molecule has 1 amide bonds. The first kappa shape index (κ1) is 17.8. The summed E-state index contributed by atoms with van der Waals surface area (Å²) in [5.74, 6) is -0.114. The van der Waals surface area contributed by atoms with Crippen molar-refractivity contribution in [3.8, 4) is 0 Å². The maximum absolute atomic E-state index is 11.5. The molecule has 0 aliphatic rings. The summed E-state index contributed by atoms with van der Waals surface area (Å²) in [7, 11) is 3.58. The number of likely N-dealkylation sites (N-methyl/N-ethyl adjacent to an activating group) is 1. The highest BCUT2D eigenvalue weighted by atomic mass is 35.5. The summed E-state index contributed by atoms with van der Waals surface area (Å²) >= 11 is 7.63. The Bertz CT molecular complexity index is 619. The molecule has 2 N–H and O–H groups in total. The van der Waals surface area contributed by atoms with E-state index in [-0.39, 0.29) is 24.9 Å². The summed E-state index contributed by atoms with van der Waals surface area (Å²) < 4.78 is 1.81. The van der Waals surface area contributed by atoms with Crippen LogP contribution in [0.1, 0.15) is 0 Å². The molecule has 0 fully saturated rings. The lowest BCUT2D eigenvalue weighted by Gasteiger charge is -2.08. The number of aryl methyl sites for hydroxylation is 1. The first-order chi connectivity index (χ1) is 9.60. The molecule has 6 nitrogen and oxygen atoms in total. The third kappa shape index (κ3) is 4.89. The molecule has 9 heteroatoms. The van der Waals surface area contributed by atoms with E-state index in [1.807, 2.05) is 17.7 Å². The molecule has 0 unspecified atom stereocenters. The van der Waals surface area contributed by atoms with E-state index in [0.29, 0.717) is 10.7 Å². The average molecular weight is 348 g/mol. The minimum absolute atomic E-state index is 0. The number of anilines is 1. The van der Waals surface area contributed by atoms with Gasteiger partial charge in [-0.1, -0.05) is 11.6 Å². The van der Waals surface area contributed by atoms with E-state index in [9.17, 15) is 4.79 Å². The summed E-state index contributed by atoms with van der Waals surface area (Å²) in [5, 5.41) is 14.6. The van der Waals surface area contributed by atoms with Crippen LogP contribution in [0.15, 0.2) is 34.6 Å². The monoisotopic (exact) mass is 347 g/mol. The summed E-state index contributed by atoms with van der Waals surface area (Å²) in [6, 6.07) is 5.36. The first-order valence-electron chi connectivity index (χ1n) is 5.86. The van der Waals surface area contributed by atoms with Crippen LogP contribution in [0.5, 0.6) is 0 Å². The molecule has 2 rings (SSSR count). The lowest BCUT2D eigenvalue weighted by atomic mass is 10.3. The lowest BCUT2D eigenvalue weighted by molar-refractivity contribution is -0.115. The van der Waals surface area contributed by atoms with Gasteiger partial charge >= 0.3 is 0 Å². The number of amides is 1. The molecule has 1 aromatic carbocycles. The molecule has 114 valence electrons. The second kappa shape index (κ2) is 8.23. The summed E-state index contributed by atoms with van der Waals surface area (Å²) in [5.41, 5.74) is 0.664. The SMILES string of the molecule is CNCC(=O)Nc1ccc(Sc2nncn2C)c(Cl)c1.Cl. The highest BCUT2D eigenvalue weighted by Gasteiger charge is 2.09. The van der Waals surface area contributed by atoms with E-state index in [1.165, 1.54) is 11.8 Å². The minimum Gasteiger partial charge on any atom is -0.325 e. The quantitative estimate of drug-likeness (QED) is 0.867. The maximum atomic E-state index is 11.5. The number of benzene rings is 1. The second-order valence-corrected chi connectivity index (χ2v) is 5.47. The Balaban J connectivity index is 0.00000220. The largest absolute Gasteiger partial charge is 0.325 e. The Kier molecular flexibility index (Phi) is 6.97. The van der Waals surface area contributed by atoms with Crippen LogP contribution in [-0.4, -0.2) is 34.3 Å². The van der Waals surface area contributed by atoms with Gasteiger partial charge in [0.25, 0.3) is 0 Å². The van der Waals surface area contributed by atoms with Gasteiger partial charge in [-0.15, -0.1) is 22.6 Å². The number of halogens is 2. The van der Waals surface area contributed by atoms with Crippen LogP contribution in [-0.2, 0) is 11.8 Å². The fourth-order valence-corrected chi connectivity index (χ4v) is 2.56. The van der Waals surface area contributed by atoms with Crippen LogP contribution in [0.3, 0.4) is 0 Å². The van der Waals surface area contributed by atoms with Crippen molar-refractivity contribution in [3.63, 3.8) is 0 Å². The number of aromatic nitrogens is 3. The fraction of sp³-hybridized carbons (Fsp3) is 0.250. The smallest absolute Gasteiger partial charge is 0.238 e. The summed E-state index contributed by atoms with van der Waals surface area (Å²) in [4.78, 5) is 12.3. The molecule has 2 aromatic rings. The topological polar surface area (TPSA) is 71.8 Å². The van der Waals surface area contributed by atoms with Crippen molar-refractivity contribution < 1.29 is 4.79 Å². The van der Waals surface area contributed by atoms with Gasteiger partial charge in [-0.25, -0.2) is 0 Å². The van der Waals surface area contributed by atoms with Gasteiger partial charge < -0.3 is 15.2 Å². The number of hydrogen-bond donors (Lipinski definition) is 2. The first-order valence-corrected chi connectivity index (χ1v) is 7.05. The average Bonchev–Trinajstić information content (AvgIpc) is 2.79. The molecule has 1 aromatic heterocycles. The Morgan fingerprint density at radius 1 is 1.48 bits per heavy atom. The van der Waals surface area contributed by atoms with Crippen molar-refractivity contribution in [2.24, 2.45) is 7.05 Å². The molecule has 0 atom stereocenters. The van der Waals surface area contributed by atoms with Crippen LogP contribution >= 0.6 is 35.8 Å². The van der Waals surface area contributed by atoms with Gasteiger partial charge in [0, 0.05) is 17.6 Å². The number of hydrogen-bond acceptors (Lipinski definition) is 5. The summed E-state index contributed by atoms with van der Waals surface area (Å²) in [6.07, 6.45) is 1.63. The van der Waals surface area contributed by atoms with Crippen molar-refractivity contribution in [1.82, 2.24) is 20.1 Å². The third-order valence-electron chi connectivity index (χ3n) is 2.42. The standard InChI is InChI=1S/C12H14ClN5OS.ClH/c1-14-6-11(19)16-8-3-4-10(9(13)5-8)20-12-17-15-7-18(12)2;/h3-5,7,14H,6H2,1-2H3,(H,16,19);1H. The highest BCUT2D eigenvalue weighted by molar-refractivity contribution is 7.99. The maximum Gasteiger partial charge on any atom is 0.238 e. The van der Waals surface area contributed by atoms with Crippen LogP contribution in [0.4, 0.5) is 5.69 Å². The normalized spacial score (nSPS) is 10.0. The van der Waals surface area contributed by atoms with Gasteiger partial charge in [0.15, 0.2) is 5.16 Å². The van der Waals surface area contributed by atoms with E-state index < -0.39 is 0 Å². The molecule has 0 aliphatic carbocycles. The zero-order valence-corrected chi connectivity index (χ0v) is 13.8. The molecule has 0 aliphatic heterocycles. The van der Waals surface area contributed by atoms with E-state index in [0.717, 1.165) is 10.1 Å². The molecule has 0 spiro atoms. The molecule has 0 radical (unpaired) electrons. The lowest BCUT2D eigenvalue weighted by Crippen LogP contribution is -2.24. The number of carbonyl (C=O) groups is 1. The summed E-state index contributed by atoms with van der Waals surface area (Å²) in [6.45, 7) is 0.257. The Morgan fingerprint density at radius 2 is 2.24 bits per heavy atom. The second-order valence-electron chi connectivity index (χ2n) is 4.05. The number of rotatable bonds is 5. The van der Waals surface area contributed by atoms with Crippen molar-refractivity contribution in [3.05, 3.63) is 29.5 Å². The van der Waals surface area contributed by atoms with Crippen molar-refractivity contribution >= 4 is 47.4 Å². The predicted molar refractivity (Wildman–Crippen MR) is 86.4 cm³/mol. The van der Waals surface area contributed by atoms with Crippen LogP contribution in [0.2, 0.25) is 5.02 Å². The molecule has 1 heterocycles. The molecular formula is C12H15Cl2N5OS. The van der Waals surface area contributed by atoms with Gasteiger partial charge in [-0.3, -0.25) is 4.79 Å². The van der Waals surface area contributed by atoms with Crippen molar-refractivity contribution in [2.45, 2.75) is 10.1 Å². The molecular weight excluding hydrogens is 333 g/mol. The molecule has 0 saturated carbocycles. The van der Waals surface area contributed by atoms with Crippen LogP contribution < -0.4 is 10.6 Å².